The number of ether oxygens (including phenoxy) is 1. The Morgan fingerprint density at radius 3 is 2.68 bits per heavy atom. The van der Waals surface area contributed by atoms with Crippen LogP contribution in [0.5, 0.6) is 0 Å². The number of aliphatic hydroxyl groups excluding tert-OH is 2. The van der Waals surface area contributed by atoms with Crippen LogP contribution in [0.2, 0.25) is 0 Å². The lowest BCUT2D eigenvalue weighted by molar-refractivity contribution is -0.153. The average Bonchev–Trinajstić information content (AvgIpc) is 2.52. The van der Waals surface area contributed by atoms with Crippen molar-refractivity contribution in [3.8, 4) is 0 Å². The van der Waals surface area contributed by atoms with Gasteiger partial charge in [-0.2, -0.15) is 13.8 Å². The third-order valence-electron chi connectivity index (χ3n) is 2.94. The molecule has 0 unspecified atom stereocenters. The van der Waals surface area contributed by atoms with Crippen molar-refractivity contribution in [3.05, 3.63) is 0 Å². The summed E-state index contributed by atoms with van der Waals surface area (Å²) in [6.45, 7) is -0.833. The molecular formula is C9H14ClF2N3O4. The first-order chi connectivity index (χ1) is 8.37. The molecule has 1 saturated heterocycles. The molecule has 0 radical (unpaired) electrons. The second-order valence-corrected chi connectivity index (χ2v) is 4.16. The molecule has 7 nitrogen and oxygen atoms in total. The van der Waals surface area contributed by atoms with Crippen LogP contribution < -0.4 is 5.73 Å². The second kappa shape index (κ2) is 5.53. The molecule has 4 N–H and O–H groups in total. The number of urea groups is 1. The van der Waals surface area contributed by atoms with Crippen molar-refractivity contribution >= 4 is 24.3 Å². The fraction of sp³-hybridized carbons (Fsp3) is 0.778. The first-order valence-corrected chi connectivity index (χ1v) is 5.33. The number of carbonyl (C=O) groups is 1. The van der Waals surface area contributed by atoms with E-state index in [1.165, 1.54) is 0 Å². The van der Waals surface area contributed by atoms with Crippen LogP contribution in [0.25, 0.3) is 0 Å². The van der Waals surface area contributed by atoms with E-state index in [9.17, 15) is 18.7 Å². The Labute approximate surface area is 113 Å². The molecule has 2 rings (SSSR count). The van der Waals surface area contributed by atoms with Gasteiger partial charge in [-0.05, 0) is 0 Å². The summed E-state index contributed by atoms with van der Waals surface area (Å²) in [6.07, 6.45) is -5.37. The van der Waals surface area contributed by atoms with Crippen molar-refractivity contribution in [2.45, 2.75) is 30.8 Å². The number of hydrogen-bond acceptors (Lipinski definition) is 5. The van der Waals surface area contributed by atoms with Crippen LogP contribution >= 0.6 is 12.4 Å². The van der Waals surface area contributed by atoms with E-state index in [4.69, 9.17) is 15.6 Å². The highest BCUT2D eigenvalue weighted by Gasteiger charge is 2.61. The Morgan fingerprint density at radius 2 is 2.21 bits per heavy atom. The number of amides is 2. The smallest absolute Gasteiger partial charge is 0.347 e. The van der Waals surface area contributed by atoms with E-state index in [1.807, 2.05) is 0 Å². The van der Waals surface area contributed by atoms with E-state index < -0.39 is 37.0 Å². The second-order valence-electron chi connectivity index (χ2n) is 4.16. The minimum absolute atomic E-state index is 0. The number of aliphatic hydroxyl groups is 2. The highest BCUT2D eigenvalue weighted by Crippen LogP contribution is 2.38. The zero-order valence-electron chi connectivity index (χ0n) is 9.70. The molecule has 110 valence electrons. The van der Waals surface area contributed by atoms with Crippen LogP contribution in [-0.2, 0) is 4.74 Å². The Morgan fingerprint density at radius 1 is 1.58 bits per heavy atom. The van der Waals surface area contributed by atoms with E-state index in [-0.39, 0.29) is 31.2 Å². The lowest BCUT2D eigenvalue weighted by atomic mass is 10.1. The molecule has 2 heterocycles. The van der Waals surface area contributed by atoms with Crippen molar-refractivity contribution in [2.75, 3.05) is 13.2 Å². The maximum Gasteiger partial charge on any atom is 0.347 e. The van der Waals surface area contributed by atoms with Crippen molar-refractivity contribution in [3.63, 3.8) is 0 Å². The first kappa shape index (κ1) is 16.0. The summed E-state index contributed by atoms with van der Waals surface area (Å²) in [5, 5.41) is 18.1. The molecule has 19 heavy (non-hydrogen) atoms. The molecule has 2 aliphatic rings. The zero-order chi connectivity index (χ0) is 13.5. The van der Waals surface area contributed by atoms with Gasteiger partial charge in [0.2, 0.25) is 6.23 Å². The van der Waals surface area contributed by atoms with Gasteiger partial charge in [0.15, 0.2) is 6.10 Å². The minimum atomic E-state index is -3.66. The lowest BCUT2D eigenvalue weighted by Gasteiger charge is -2.32. The molecule has 2 amide bonds. The number of alkyl halides is 2. The predicted molar refractivity (Wildman–Crippen MR) is 62.3 cm³/mol. The van der Waals surface area contributed by atoms with E-state index in [0.717, 1.165) is 0 Å². The Kier molecular flexibility index (Phi) is 4.67. The van der Waals surface area contributed by atoms with Gasteiger partial charge < -0.3 is 20.7 Å². The van der Waals surface area contributed by atoms with Gasteiger partial charge in [0, 0.05) is 13.0 Å². The van der Waals surface area contributed by atoms with Gasteiger partial charge in [0.25, 0.3) is 0 Å². The lowest BCUT2D eigenvalue weighted by Crippen LogP contribution is -2.53. The van der Waals surface area contributed by atoms with Crippen LogP contribution in [0, 0.1) is 0 Å². The predicted octanol–water partition coefficient (Wildman–Crippen LogP) is -0.696. The number of nitrogens with zero attached hydrogens (tertiary/aromatic N) is 2. The largest absolute Gasteiger partial charge is 0.394 e. The summed E-state index contributed by atoms with van der Waals surface area (Å²) in [6, 6.07) is -0.936. The zero-order valence-corrected chi connectivity index (χ0v) is 10.5. The summed E-state index contributed by atoms with van der Waals surface area (Å²) < 4.78 is 32.3. The standard InChI is InChI=1S/C9H13F2N3O4.ClH/c10-9(11)6(16)4(3-15)18-7(9)14-2-1-5(12)13-8(14)17;/h4,6-7,15-16H,1-3H2,(H2,12,13,17);1H/t4-,6-,7-;/m1./s1. The van der Waals surface area contributed by atoms with Gasteiger partial charge in [0.05, 0.1) is 6.61 Å². The SMILES string of the molecule is Cl.NC1=NC(=O)N([C@@H]2O[C@H](CO)[C@@H](O)C2(F)F)CC1. The minimum Gasteiger partial charge on any atom is -0.394 e. The molecule has 0 spiro atoms. The summed E-state index contributed by atoms with van der Waals surface area (Å²) in [7, 11) is 0. The summed E-state index contributed by atoms with van der Waals surface area (Å²) in [5.41, 5.74) is 5.32. The molecule has 10 heteroatoms. The van der Waals surface area contributed by atoms with Crippen molar-refractivity contribution in [1.29, 1.82) is 0 Å². The highest BCUT2D eigenvalue weighted by molar-refractivity contribution is 5.95. The molecule has 3 atom stereocenters. The highest BCUT2D eigenvalue weighted by atomic mass is 35.5. The normalized spacial score (nSPS) is 33.9. The first-order valence-electron chi connectivity index (χ1n) is 5.33. The molecular weight excluding hydrogens is 288 g/mol. The van der Waals surface area contributed by atoms with Crippen LogP contribution in [0.3, 0.4) is 0 Å². The van der Waals surface area contributed by atoms with Crippen molar-refractivity contribution in [2.24, 2.45) is 10.7 Å². The van der Waals surface area contributed by atoms with Gasteiger partial charge in [-0.25, -0.2) is 4.79 Å². The number of hydrogen-bond donors (Lipinski definition) is 3. The van der Waals surface area contributed by atoms with Crippen LogP contribution in [0.15, 0.2) is 4.99 Å². The molecule has 0 aromatic heterocycles. The fourth-order valence-electron chi connectivity index (χ4n) is 1.94. The topological polar surface area (TPSA) is 108 Å². The fourth-order valence-corrected chi connectivity index (χ4v) is 1.94. The Bertz CT molecular complexity index is 396. The molecule has 0 bridgehead atoms. The number of aliphatic imine (C=N–C) groups is 1. The quantitative estimate of drug-likeness (QED) is 0.625. The molecule has 0 aromatic carbocycles. The number of rotatable bonds is 2. The monoisotopic (exact) mass is 301 g/mol. The van der Waals surface area contributed by atoms with E-state index in [1.54, 1.807) is 0 Å². The number of amidine groups is 1. The number of carbonyl (C=O) groups excluding carboxylic acids is 1. The van der Waals surface area contributed by atoms with Gasteiger partial charge >= 0.3 is 12.0 Å². The van der Waals surface area contributed by atoms with Crippen molar-refractivity contribution in [1.82, 2.24) is 4.90 Å². The third-order valence-corrected chi connectivity index (χ3v) is 2.94. The Balaban J connectivity index is 0.00000180. The average molecular weight is 302 g/mol. The van der Waals surface area contributed by atoms with Gasteiger partial charge in [-0.1, -0.05) is 0 Å². The summed E-state index contributed by atoms with van der Waals surface area (Å²) in [5.74, 6) is -3.60. The van der Waals surface area contributed by atoms with Crippen molar-refractivity contribution < 1.29 is 28.5 Å². The Hall–Kier alpha value is -1.03. The molecule has 0 aromatic rings. The molecule has 2 aliphatic heterocycles. The summed E-state index contributed by atoms with van der Waals surface area (Å²) in [4.78, 5) is 15.6. The van der Waals surface area contributed by atoms with E-state index >= 15 is 0 Å². The number of halogens is 3. The van der Waals surface area contributed by atoms with Crippen LogP contribution in [-0.4, -0.2) is 64.5 Å². The number of nitrogens with two attached hydrogens (primary N) is 1. The third kappa shape index (κ3) is 2.64. The van der Waals surface area contributed by atoms with Gasteiger partial charge in [-0.3, -0.25) is 4.90 Å². The maximum absolute atomic E-state index is 13.7. The van der Waals surface area contributed by atoms with Gasteiger partial charge in [-0.15, -0.1) is 12.4 Å². The molecule has 1 fully saturated rings. The van der Waals surface area contributed by atoms with Gasteiger partial charge in [0.1, 0.15) is 11.9 Å². The van der Waals surface area contributed by atoms with E-state index in [2.05, 4.69) is 4.99 Å². The molecule has 0 saturated carbocycles. The maximum atomic E-state index is 13.7. The molecule has 0 aliphatic carbocycles. The van der Waals surface area contributed by atoms with Crippen LogP contribution in [0.4, 0.5) is 13.6 Å². The van der Waals surface area contributed by atoms with Crippen LogP contribution in [0.1, 0.15) is 6.42 Å². The van der Waals surface area contributed by atoms with E-state index in [0.29, 0.717) is 4.90 Å². The summed E-state index contributed by atoms with van der Waals surface area (Å²) >= 11 is 0.